The average molecular weight is 379 g/mol. The van der Waals surface area contributed by atoms with E-state index in [1.54, 1.807) is 36.2 Å². The fourth-order valence-electron chi connectivity index (χ4n) is 2.82. The van der Waals surface area contributed by atoms with Crippen LogP contribution in [0.2, 0.25) is 5.02 Å². The van der Waals surface area contributed by atoms with Gasteiger partial charge >= 0.3 is 5.97 Å². The Bertz CT molecular complexity index is 851. The Morgan fingerprint density at radius 3 is 2.56 bits per heavy atom. The van der Waals surface area contributed by atoms with Crippen molar-refractivity contribution in [3.63, 3.8) is 0 Å². The maximum atomic E-state index is 12.7. The van der Waals surface area contributed by atoms with Gasteiger partial charge in [0.05, 0.1) is 15.6 Å². The van der Waals surface area contributed by atoms with Crippen molar-refractivity contribution in [2.75, 3.05) is 18.5 Å². The molecular formula is C17H15ClN2O4S. The number of carboxylic acid groups (broad SMARTS) is 1. The number of nitrogens with zero attached hydrogens (tertiary/aromatic N) is 2. The summed E-state index contributed by atoms with van der Waals surface area (Å²) in [6, 6.07) is 9.33. The molecule has 1 aromatic carbocycles. The fraction of sp³-hybridized carbons (Fsp3) is 0.235. The van der Waals surface area contributed by atoms with Crippen molar-refractivity contribution in [3.8, 4) is 0 Å². The first-order chi connectivity index (χ1) is 11.9. The lowest BCUT2D eigenvalue weighted by atomic mass is 10.2. The summed E-state index contributed by atoms with van der Waals surface area (Å²) in [4.78, 5) is 39.6. The third-order valence-electron chi connectivity index (χ3n) is 4.14. The summed E-state index contributed by atoms with van der Waals surface area (Å²) in [5.41, 5.74) is 0.627. The number of anilines is 1. The van der Waals surface area contributed by atoms with Gasteiger partial charge in [-0.3, -0.25) is 9.59 Å². The second kappa shape index (κ2) is 6.85. The van der Waals surface area contributed by atoms with E-state index in [2.05, 4.69) is 0 Å². The lowest BCUT2D eigenvalue weighted by Crippen LogP contribution is -2.42. The van der Waals surface area contributed by atoms with Crippen LogP contribution >= 0.6 is 22.9 Å². The Balaban J connectivity index is 1.78. The van der Waals surface area contributed by atoms with Crippen molar-refractivity contribution in [2.24, 2.45) is 0 Å². The van der Waals surface area contributed by atoms with Gasteiger partial charge in [0.2, 0.25) is 5.91 Å². The van der Waals surface area contributed by atoms with Gasteiger partial charge in [-0.25, -0.2) is 4.79 Å². The fourth-order valence-corrected chi connectivity index (χ4v) is 3.88. The minimum Gasteiger partial charge on any atom is -0.477 e. The Labute approximate surface area is 153 Å². The van der Waals surface area contributed by atoms with E-state index in [9.17, 15) is 14.4 Å². The third-order valence-corrected chi connectivity index (χ3v) is 5.52. The van der Waals surface area contributed by atoms with Gasteiger partial charge in [0.25, 0.3) is 5.91 Å². The number of carbonyl (C=O) groups excluding carboxylic acids is 2. The van der Waals surface area contributed by atoms with Crippen LogP contribution in [0.1, 0.15) is 25.8 Å². The van der Waals surface area contributed by atoms with Crippen molar-refractivity contribution in [2.45, 2.75) is 12.5 Å². The monoisotopic (exact) mass is 378 g/mol. The lowest BCUT2D eigenvalue weighted by molar-refractivity contribution is -0.120. The predicted molar refractivity (Wildman–Crippen MR) is 95.6 cm³/mol. The molecule has 2 heterocycles. The van der Waals surface area contributed by atoms with Gasteiger partial charge in [0.15, 0.2) is 0 Å². The average Bonchev–Trinajstić information content (AvgIpc) is 3.21. The highest BCUT2D eigenvalue weighted by Crippen LogP contribution is 2.31. The highest BCUT2D eigenvalue weighted by atomic mass is 35.5. The number of hydrogen-bond donors (Lipinski definition) is 1. The molecule has 0 saturated carbocycles. The number of amides is 2. The van der Waals surface area contributed by atoms with Crippen molar-refractivity contribution in [1.82, 2.24) is 4.90 Å². The molecule has 1 saturated heterocycles. The van der Waals surface area contributed by atoms with Gasteiger partial charge in [0.1, 0.15) is 10.9 Å². The lowest BCUT2D eigenvalue weighted by Gasteiger charge is -2.24. The molecule has 0 unspecified atom stereocenters. The number of likely N-dealkylation sites (N-methyl/N-ethyl adjacent to an activating group) is 1. The maximum absolute atomic E-state index is 12.7. The quantitative estimate of drug-likeness (QED) is 0.887. The highest BCUT2D eigenvalue weighted by Gasteiger charge is 2.38. The summed E-state index contributed by atoms with van der Waals surface area (Å²) >= 11 is 7.06. The molecule has 6 nitrogen and oxygen atoms in total. The number of hydrogen-bond acceptors (Lipinski definition) is 4. The van der Waals surface area contributed by atoms with Crippen LogP contribution in [0.3, 0.4) is 0 Å². The second-order valence-corrected chi connectivity index (χ2v) is 7.12. The smallest absolute Gasteiger partial charge is 0.345 e. The van der Waals surface area contributed by atoms with E-state index in [1.165, 1.54) is 17.0 Å². The van der Waals surface area contributed by atoms with Crippen molar-refractivity contribution >= 4 is 46.4 Å². The molecule has 130 valence electrons. The number of halogens is 1. The third kappa shape index (κ3) is 3.25. The van der Waals surface area contributed by atoms with Crippen molar-refractivity contribution in [1.29, 1.82) is 0 Å². The normalized spacial score (nSPS) is 17.0. The van der Waals surface area contributed by atoms with Crippen LogP contribution in [0.15, 0.2) is 36.4 Å². The van der Waals surface area contributed by atoms with Gasteiger partial charge in [-0.2, -0.15) is 0 Å². The summed E-state index contributed by atoms with van der Waals surface area (Å²) < 4.78 is 0. The molecule has 0 aliphatic carbocycles. The van der Waals surface area contributed by atoms with Crippen LogP contribution in [0, 0.1) is 0 Å². The van der Waals surface area contributed by atoms with E-state index in [-0.39, 0.29) is 16.7 Å². The van der Waals surface area contributed by atoms with E-state index in [0.717, 1.165) is 11.3 Å². The summed E-state index contributed by atoms with van der Waals surface area (Å²) in [5.74, 6) is -1.63. The number of thiophene rings is 1. The molecule has 2 aromatic rings. The molecule has 8 heteroatoms. The van der Waals surface area contributed by atoms with E-state index in [1.807, 2.05) is 0 Å². The topological polar surface area (TPSA) is 77.9 Å². The van der Waals surface area contributed by atoms with Crippen LogP contribution in [-0.4, -0.2) is 47.4 Å². The van der Waals surface area contributed by atoms with Crippen LogP contribution in [0.5, 0.6) is 0 Å². The van der Waals surface area contributed by atoms with E-state index in [4.69, 9.17) is 16.7 Å². The zero-order chi connectivity index (χ0) is 18.1. The van der Waals surface area contributed by atoms with Gasteiger partial charge in [0, 0.05) is 13.6 Å². The van der Waals surface area contributed by atoms with E-state index >= 15 is 0 Å². The number of carboxylic acids is 1. The molecule has 1 N–H and O–H groups in total. The summed E-state index contributed by atoms with van der Waals surface area (Å²) in [6.07, 6.45) is 0.490. The summed E-state index contributed by atoms with van der Waals surface area (Å²) in [5, 5.41) is 9.45. The molecule has 2 amide bonds. The van der Waals surface area contributed by atoms with Gasteiger partial charge in [-0.15, -0.1) is 11.3 Å². The van der Waals surface area contributed by atoms with Crippen LogP contribution in [0.4, 0.5) is 5.69 Å². The van der Waals surface area contributed by atoms with E-state index < -0.39 is 12.0 Å². The molecule has 0 spiro atoms. The van der Waals surface area contributed by atoms with Crippen LogP contribution in [0.25, 0.3) is 0 Å². The molecular weight excluding hydrogens is 364 g/mol. The molecule has 0 radical (unpaired) electrons. The zero-order valence-electron chi connectivity index (χ0n) is 13.3. The number of benzene rings is 1. The van der Waals surface area contributed by atoms with Gasteiger partial charge < -0.3 is 14.9 Å². The first kappa shape index (κ1) is 17.4. The number of para-hydroxylation sites is 1. The summed E-state index contributed by atoms with van der Waals surface area (Å²) in [7, 11) is 1.56. The molecule has 1 atom stereocenters. The minimum atomic E-state index is -1.08. The zero-order valence-corrected chi connectivity index (χ0v) is 14.9. The molecule has 25 heavy (non-hydrogen) atoms. The van der Waals surface area contributed by atoms with E-state index in [0.29, 0.717) is 28.6 Å². The molecule has 1 aliphatic rings. The van der Waals surface area contributed by atoms with Gasteiger partial charge in [-0.05, 0) is 30.7 Å². The number of aromatic carboxylic acids is 1. The number of rotatable bonds is 4. The molecule has 3 rings (SSSR count). The Morgan fingerprint density at radius 2 is 1.92 bits per heavy atom. The molecule has 1 aliphatic heterocycles. The molecule has 1 fully saturated rings. The maximum Gasteiger partial charge on any atom is 0.345 e. The predicted octanol–water partition coefficient (Wildman–Crippen LogP) is 2.98. The minimum absolute atomic E-state index is 0.0900. The Hall–Kier alpha value is -2.38. The molecule has 1 aromatic heterocycles. The second-order valence-electron chi connectivity index (χ2n) is 5.63. The van der Waals surface area contributed by atoms with Crippen LogP contribution in [-0.2, 0) is 4.79 Å². The number of carbonyl (C=O) groups is 3. The SMILES string of the molecule is CN(C(=O)c1ccc(C(=O)O)s1)[C@@H]1CCN(c2ccccc2Cl)C1=O. The van der Waals surface area contributed by atoms with Crippen molar-refractivity contribution in [3.05, 3.63) is 51.2 Å². The molecule has 0 bridgehead atoms. The largest absolute Gasteiger partial charge is 0.477 e. The summed E-state index contributed by atoms with van der Waals surface area (Å²) in [6.45, 7) is 0.468. The van der Waals surface area contributed by atoms with Crippen molar-refractivity contribution < 1.29 is 19.5 Å². The standard InChI is InChI=1S/C17H15ClN2O4S/c1-19(16(22)13-6-7-14(25-13)17(23)24)12-8-9-20(15(12)21)11-5-3-2-4-10(11)18/h2-7,12H,8-9H2,1H3,(H,23,24)/t12-/m1/s1. The highest BCUT2D eigenvalue weighted by molar-refractivity contribution is 7.15. The first-order valence-electron chi connectivity index (χ1n) is 7.56. The first-order valence-corrected chi connectivity index (χ1v) is 8.76. The Kier molecular flexibility index (Phi) is 4.78. The van der Waals surface area contributed by atoms with Gasteiger partial charge in [-0.1, -0.05) is 23.7 Å². The van der Waals surface area contributed by atoms with Crippen LogP contribution < -0.4 is 4.90 Å². The Morgan fingerprint density at radius 1 is 1.24 bits per heavy atom.